The fourth-order valence-electron chi connectivity index (χ4n) is 3.24. The molecule has 36 heavy (non-hydrogen) atoms. The maximum atomic E-state index is 14.3. The summed E-state index contributed by atoms with van der Waals surface area (Å²) in [6, 6.07) is 9.10. The first-order chi connectivity index (χ1) is 16.9. The molecule has 0 aliphatic heterocycles. The third kappa shape index (κ3) is 5.13. The van der Waals surface area contributed by atoms with Crippen LogP contribution in [0.25, 0.3) is 11.4 Å². The van der Waals surface area contributed by atoms with E-state index in [-0.39, 0.29) is 21.4 Å². The van der Waals surface area contributed by atoms with Crippen LogP contribution in [-0.4, -0.2) is 28.6 Å². The first kappa shape index (κ1) is 25.8. The Hall–Kier alpha value is -3.29. The van der Waals surface area contributed by atoms with Gasteiger partial charge in [-0.15, -0.1) is 5.10 Å². The second-order valence-electron chi connectivity index (χ2n) is 7.28. The van der Waals surface area contributed by atoms with E-state index in [2.05, 4.69) is 20.2 Å². The first-order valence-electron chi connectivity index (χ1n) is 9.76. The molecule has 0 fully saturated rings. The number of tetrazole rings is 1. The lowest BCUT2D eigenvalue weighted by Crippen LogP contribution is -2.17. The quantitative estimate of drug-likeness (QED) is 0.300. The van der Waals surface area contributed by atoms with Crippen molar-refractivity contribution >= 4 is 38.9 Å². The average molecular weight is 564 g/mol. The highest BCUT2D eigenvalue weighted by Crippen LogP contribution is 2.35. The van der Waals surface area contributed by atoms with Crippen molar-refractivity contribution in [3.63, 3.8) is 0 Å². The summed E-state index contributed by atoms with van der Waals surface area (Å²) in [4.78, 5) is -0.475. The molecule has 0 saturated carbocycles. The molecule has 3 aromatic carbocycles. The molecule has 0 bridgehead atoms. The van der Waals surface area contributed by atoms with Gasteiger partial charge in [-0.1, -0.05) is 41.4 Å². The van der Waals surface area contributed by atoms with E-state index in [1.807, 2.05) is 0 Å². The molecule has 0 aliphatic rings. The van der Waals surface area contributed by atoms with E-state index < -0.39 is 56.1 Å². The Morgan fingerprint density at radius 1 is 0.972 bits per heavy atom. The van der Waals surface area contributed by atoms with Gasteiger partial charge in [0.25, 0.3) is 10.0 Å². The van der Waals surface area contributed by atoms with Gasteiger partial charge in [0.2, 0.25) is 0 Å². The molecule has 0 amide bonds. The number of anilines is 1. The van der Waals surface area contributed by atoms with Gasteiger partial charge >= 0.3 is 6.18 Å². The minimum atomic E-state index is -4.80. The van der Waals surface area contributed by atoms with E-state index in [1.54, 1.807) is 0 Å². The molecule has 0 saturated heterocycles. The van der Waals surface area contributed by atoms with Gasteiger partial charge in [0.1, 0.15) is 16.5 Å². The Kier molecular flexibility index (Phi) is 6.90. The van der Waals surface area contributed by atoms with Crippen molar-refractivity contribution in [1.82, 2.24) is 20.2 Å². The number of alkyl halides is 3. The van der Waals surface area contributed by atoms with Gasteiger partial charge in [-0.25, -0.2) is 21.9 Å². The van der Waals surface area contributed by atoms with E-state index in [0.29, 0.717) is 12.1 Å². The Bertz CT molecular complexity index is 1540. The molecule has 1 N–H and O–H groups in total. The number of halogens is 7. The lowest BCUT2D eigenvalue weighted by atomic mass is 10.1. The zero-order chi connectivity index (χ0) is 26.3. The normalized spacial score (nSPS) is 12.1. The molecule has 0 unspecified atom stereocenters. The number of sulfonamides is 1. The predicted octanol–water partition coefficient (Wildman–Crippen LogP) is 5.79. The maximum absolute atomic E-state index is 14.3. The molecule has 0 spiro atoms. The molecule has 1 aromatic heterocycles. The van der Waals surface area contributed by atoms with Crippen LogP contribution in [0.15, 0.2) is 59.5 Å². The highest BCUT2D eigenvalue weighted by Gasteiger charge is 2.32. The molecule has 0 aliphatic carbocycles. The molecule has 7 nitrogen and oxygen atoms in total. The van der Waals surface area contributed by atoms with E-state index in [9.17, 15) is 30.4 Å². The predicted molar refractivity (Wildman–Crippen MR) is 121 cm³/mol. The standard InChI is InChI=1S/C21H12Cl2F5N5O2S/c22-13-3-1-6-17(19(13)23)36(34,35)30-16-9-12(21(26,27)28)8-7-11(16)10-33-20(29-31-32-33)18-14(24)4-2-5-15(18)25/h1-9,30H,10H2. The minimum absolute atomic E-state index is 0.0463. The van der Waals surface area contributed by atoms with Gasteiger partial charge in [0.15, 0.2) is 5.82 Å². The van der Waals surface area contributed by atoms with Crippen molar-refractivity contribution < 1.29 is 30.4 Å². The smallest absolute Gasteiger partial charge is 0.279 e. The number of hydrogen-bond acceptors (Lipinski definition) is 5. The number of rotatable bonds is 6. The van der Waals surface area contributed by atoms with E-state index in [1.165, 1.54) is 12.1 Å². The first-order valence-corrected chi connectivity index (χ1v) is 12.0. The van der Waals surface area contributed by atoms with Crippen LogP contribution in [0.2, 0.25) is 10.0 Å². The van der Waals surface area contributed by atoms with E-state index >= 15 is 0 Å². The van der Waals surface area contributed by atoms with Crippen molar-refractivity contribution in [3.8, 4) is 11.4 Å². The maximum Gasteiger partial charge on any atom is 0.416 e. The number of benzene rings is 3. The molecule has 4 rings (SSSR count). The number of nitrogens with one attached hydrogen (secondary N) is 1. The van der Waals surface area contributed by atoms with Crippen LogP contribution in [-0.2, 0) is 22.7 Å². The highest BCUT2D eigenvalue weighted by molar-refractivity contribution is 7.92. The van der Waals surface area contributed by atoms with Gasteiger partial charge in [-0.2, -0.15) is 13.2 Å². The zero-order valence-corrected chi connectivity index (χ0v) is 19.9. The SMILES string of the molecule is O=S(=O)(Nc1cc(C(F)(F)F)ccc1Cn1nnnc1-c1c(F)cccc1F)c1cccc(Cl)c1Cl. The largest absolute Gasteiger partial charge is 0.416 e. The van der Waals surface area contributed by atoms with Crippen LogP contribution in [0.3, 0.4) is 0 Å². The molecule has 15 heteroatoms. The number of aromatic nitrogens is 4. The zero-order valence-electron chi connectivity index (χ0n) is 17.6. The summed E-state index contributed by atoms with van der Waals surface area (Å²) in [5, 5.41) is 10.2. The van der Waals surface area contributed by atoms with Crippen molar-refractivity contribution in [2.75, 3.05) is 4.72 Å². The number of nitrogens with zero attached hydrogens (tertiary/aromatic N) is 4. The van der Waals surface area contributed by atoms with Gasteiger partial charge in [0, 0.05) is 0 Å². The summed E-state index contributed by atoms with van der Waals surface area (Å²) in [6.45, 7) is -0.449. The Morgan fingerprint density at radius 3 is 2.31 bits per heavy atom. The third-order valence-electron chi connectivity index (χ3n) is 4.93. The van der Waals surface area contributed by atoms with Crippen molar-refractivity contribution in [2.24, 2.45) is 0 Å². The third-order valence-corrected chi connectivity index (χ3v) is 7.26. The Morgan fingerprint density at radius 2 is 1.64 bits per heavy atom. The lowest BCUT2D eigenvalue weighted by molar-refractivity contribution is -0.137. The van der Waals surface area contributed by atoms with Gasteiger partial charge in [-0.3, -0.25) is 4.72 Å². The lowest BCUT2D eigenvalue weighted by Gasteiger charge is -2.17. The molecular formula is C21H12Cl2F5N5O2S. The molecule has 0 radical (unpaired) electrons. The highest BCUT2D eigenvalue weighted by atomic mass is 35.5. The summed E-state index contributed by atoms with van der Waals surface area (Å²) in [6.07, 6.45) is -4.80. The van der Waals surface area contributed by atoms with E-state index in [4.69, 9.17) is 23.2 Å². The summed E-state index contributed by atoms with van der Waals surface area (Å²) >= 11 is 11.9. The van der Waals surface area contributed by atoms with Crippen molar-refractivity contribution in [2.45, 2.75) is 17.6 Å². The second-order valence-corrected chi connectivity index (χ2v) is 9.72. The number of hydrogen-bond donors (Lipinski definition) is 1. The van der Waals surface area contributed by atoms with Gasteiger partial charge < -0.3 is 0 Å². The minimum Gasteiger partial charge on any atom is -0.279 e. The molecular weight excluding hydrogens is 552 g/mol. The summed E-state index contributed by atoms with van der Waals surface area (Å²) < 4.78 is 97.7. The summed E-state index contributed by atoms with van der Waals surface area (Å²) in [5.41, 5.74) is -2.26. The molecule has 1 heterocycles. The van der Waals surface area contributed by atoms with Crippen LogP contribution in [0, 0.1) is 11.6 Å². The monoisotopic (exact) mass is 563 g/mol. The van der Waals surface area contributed by atoms with Crippen molar-refractivity contribution in [1.29, 1.82) is 0 Å². The summed E-state index contributed by atoms with van der Waals surface area (Å²) in [7, 11) is -4.52. The second kappa shape index (κ2) is 9.64. The topological polar surface area (TPSA) is 89.8 Å². The van der Waals surface area contributed by atoms with Crippen LogP contribution in [0.5, 0.6) is 0 Å². The van der Waals surface area contributed by atoms with Gasteiger partial charge in [-0.05, 0) is 52.4 Å². The Labute approximate surface area is 210 Å². The van der Waals surface area contributed by atoms with Crippen LogP contribution in [0.1, 0.15) is 11.1 Å². The van der Waals surface area contributed by atoms with Crippen molar-refractivity contribution in [3.05, 3.63) is 87.4 Å². The Balaban J connectivity index is 1.80. The average Bonchev–Trinajstić information content (AvgIpc) is 3.23. The van der Waals surface area contributed by atoms with Gasteiger partial charge in [0.05, 0.1) is 33.4 Å². The molecule has 0 atom stereocenters. The molecule has 4 aromatic rings. The van der Waals surface area contributed by atoms with Crippen LogP contribution < -0.4 is 4.72 Å². The fraction of sp³-hybridized carbons (Fsp3) is 0.0952. The fourth-order valence-corrected chi connectivity index (χ4v) is 5.09. The summed E-state index contributed by atoms with van der Waals surface area (Å²) in [5.74, 6) is -2.32. The molecule has 188 valence electrons. The van der Waals surface area contributed by atoms with Crippen LogP contribution >= 0.6 is 23.2 Å². The van der Waals surface area contributed by atoms with E-state index in [0.717, 1.165) is 35.0 Å². The van der Waals surface area contributed by atoms with Crippen LogP contribution in [0.4, 0.5) is 27.6 Å².